The average Bonchev–Trinajstić information content (AvgIpc) is 2.89. The van der Waals surface area contributed by atoms with Gasteiger partial charge < -0.3 is 19.6 Å². The molecule has 0 spiro atoms. The second-order valence-electron chi connectivity index (χ2n) is 5.17. The van der Waals surface area contributed by atoms with Gasteiger partial charge in [-0.2, -0.15) is 0 Å². The maximum atomic E-state index is 12.1. The molecule has 1 amide bonds. The lowest BCUT2D eigenvalue weighted by molar-refractivity contribution is -0.0605. The summed E-state index contributed by atoms with van der Waals surface area (Å²) < 4.78 is 10.7. The zero-order valence-electron chi connectivity index (χ0n) is 11.1. The summed E-state index contributed by atoms with van der Waals surface area (Å²) in [5.41, 5.74) is -0.192. The fourth-order valence-corrected chi connectivity index (χ4v) is 2.35. The Morgan fingerprint density at radius 1 is 1.30 bits per heavy atom. The summed E-state index contributed by atoms with van der Waals surface area (Å²) in [7, 11) is 0. The minimum absolute atomic E-state index is 0.215. The highest BCUT2D eigenvalue weighted by Gasteiger charge is 2.30. The largest absolute Gasteiger partial charge is 0.451 e. The van der Waals surface area contributed by atoms with E-state index in [-0.39, 0.29) is 18.2 Å². The maximum Gasteiger partial charge on any atom is 0.287 e. The van der Waals surface area contributed by atoms with Crippen molar-refractivity contribution < 1.29 is 19.1 Å². The first-order chi connectivity index (χ1) is 9.66. The third-order valence-electron chi connectivity index (χ3n) is 3.65. The Labute approximate surface area is 116 Å². The first-order valence-corrected chi connectivity index (χ1v) is 6.73. The number of hydrogen-bond acceptors (Lipinski definition) is 4. The number of fused-ring (bicyclic) bond motifs is 1. The Hall–Kier alpha value is -1.85. The van der Waals surface area contributed by atoms with Crippen LogP contribution in [0.1, 0.15) is 23.4 Å². The molecule has 2 heterocycles. The lowest BCUT2D eigenvalue weighted by atomic mass is 9.94. The molecule has 1 aliphatic rings. The van der Waals surface area contributed by atoms with Gasteiger partial charge in [-0.25, -0.2) is 0 Å². The summed E-state index contributed by atoms with van der Waals surface area (Å²) in [6.45, 7) is 1.26. The second kappa shape index (κ2) is 5.26. The molecule has 2 N–H and O–H groups in total. The number of benzene rings is 1. The third-order valence-corrected chi connectivity index (χ3v) is 3.65. The molecule has 0 radical (unpaired) electrons. The minimum atomic E-state index is -0.875. The molecule has 0 aliphatic carbocycles. The number of carbonyl (C=O) groups excluding carboxylic acids is 1. The fourth-order valence-electron chi connectivity index (χ4n) is 2.35. The smallest absolute Gasteiger partial charge is 0.287 e. The predicted octanol–water partition coefficient (Wildman–Crippen LogP) is 1.70. The molecule has 2 aromatic rings. The summed E-state index contributed by atoms with van der Waals surface area (Å²) in [4.78, 5) is 12.1. The van der Waals surface area contributed by atoms with Gasteiger partial charge in [-0.15, -0.1) is 0 Å². The lowest BCUT2D eigenvalue weighted by Gasteiger charge is -2.31. The van der Waals surface area contributed by atoms with Crippen LogP contribution in [0.3, 0.4) is 0 Å². The van der Waals surface area contributed by atoms with Gasteiger partial charge in [0.05, 0.1) is 5.60 Å². The van der Waals surface area contributed by atoms with Gasteiger partial charge in [0.15, 0.2) is 5.76 Å². The van der Waals surface area contributed by atoms with Crippen molar-refractivity contribution in [3.8, 4) is 0 Å². The van der Waals surface area contributed by atoms with E-state index < -0.39 is 5.60 Å². The second-order valence-corrected chi connectivity index (χ2v) is 5.17. The number of aliphatic hydroxyl groups is 1. The number of ether oxygens (including phenoxy) is 1. The van der Waals surface area contributed by atoms with Gasteiger partial charge in [-0.1, -0.05) is 18.2 Å². The van der Waals surface area contributed by atoms with Crippen LogP contribution in [0.4, 0.5) is 0 Å². The number of hydrogen-bond donors (Lipinski definition) is 2. The van der Waals surface area contributed by atoms with Crippen LogP contribution in [0.15, 0.2) is 34.7 Å². The van der Waals surface area contributed by atoms with Crippen LogP contribution >= 0.6 is 0 Å². The fraction of sp³-hybridized carbons (Fsp3) is 0.400. The van der Waals surface area contributed by atoms with Crippen molar-refractivity contribution >= 4 is 16.9 Å². The van der Waals surface area contributed by atoms with E-state index in [0.29, 0.717) is 31.6 Å². The molecule has 1 aromatic carbocycles. The van der Waals surface area contributed by atoms with Crippen LogP contribution in [0.2, 0.25) is 0 Å². The molecule has 1 aliphatic heterocycles. The van der Waals surface area contributed by atoms with Crippen LogP contribution in [0, 0.1) is 0 Å². The zero-order chi connectivity index (χ0) is 14.0. The Kier molecular flexibility index (Phi) is 3.46. The normalized spacial score (nSPS) is 18.1. The molecule has 0 saturated carbocycles. The van der Waals surface area contributed by atoms with Crippen molar-refractivity contribution in [2.75, 3.05) is 19.8 Å². The molecule has 5 nitrogen and oxygen atoms in total. The van der Waals surface area contributed by atoms with E-state index in [1.54, 1.807) is 6.07 Å². The molecule has 0 atom stereocenters. The van der Waals surface area contributed by atoms with Crippen LogP contribution in [0.25, 0.3) is 11.0 Å². The Balaban J connectivity index is 1.66. The number of carbonyl (C=O) groups is 1. The third kappa shape index (κ3) is 2.69. The van der Waals surface area contributed by atoms with Gasteiger partial charge in [-0.05, 0) is 12.1 Å². The van der Waals surface area contributed by atoms with E-state index in [1.165, 1.54) is 0 Å². The lowest BCUT2D eigenvalue weighted by Crippen LogP contribution is -2.46. The summed E-state index contributed by atoms with van der Waals surface area (Å²) in [6, 6.07) is 9.17. The number of furan rings is 1. The molecule has 0 bridgehead atoms. The van der Waals surface area contributed by atoms with E-state index >= 15 is 0 Å². The Morgan fingerprint density at radius 2 is 2.05 bits per heavy atom. The highest BCUT2D eigenvalue weighted by molar-refractivity contribution is 5.96. The summed E-state index contributed by atoms with van der Waals surface area (Å²) in [6.07, 6.45) is 1.07. The van der Waals surface area contributed by atoms with E-state index in [9.17, 15) is 9.90 Å². The highest BCUT2D eigenvalue weighted by Crippen LogP contribution is 2.21. The molecule has 106 valence electrons. The number of nitrogens with one attached hydrogen (secondary N) is 1. The quantitative estimate of drug-likeness (QED) is 0.894. The standard InChI is InChI=1S/C15H17NO4/c17-14(16-10-15(18)5-7-19-8-6-15)13-9-11-3-1-2-4-12(11)20-13/h1-4,9,18H,5-8,10H2,(H,16,17). The monoisotopic (exact) mass is 275 g/mol. The topological polar surface area (TPSA) is 71.7 Å². The van der Waals surface area contributed by atoms with Gasteiger partial charge >= 0.3 is 0 Å². The minimum Gasteiger partial charge on any atom is -0.451 e. The molecule has 20 heavy (non-hydrogen) atoms. The first kappa shape index (κ1) is 13.1. The molecule has 1 aromatic heterocycles. The molecule has 3 rings (SSSR count). The summed E-state index contributed by atoms with van der Waals surface area (Å²) in [5.74, 6) is -0.0389. The van der Waals surface area contributed by atoms with E-state index in [0.717, 1.165) is 5.39 Å². The van der Waals surface area contributed by atoms with Gasteiger partial charge in [0, 0.05) is 38.0 Å². The van der Waals surface area contributed by atoms with Crippen molar-refractivity contribution in [2.24, 2.45) is 0 Å². The van der Waals surface area contributed by atoms with E-state index in [1.807, 2.05) is 24.3 Å². The van der Waals surface area contributed by atoms with Gasteiger partial charge in [0.2, 0.25) is 0 Å². The van der Waals surface area contributed by atoms with Gasteiger partial charge in [0.1, 0.15) is 5.58 Å². The van der Waals surface area contributed by atoms with Crippen molar-refractivity contribution in [2.45, 2.75) is 18.4 Å². The van der Waals surface area contributed by atoms with Crippen LogP contribution in [-0.4, -0.2) is 36.4 Å². The molecule has 1 fully saturated rings. The van der Waals surface area contributed by atoms with Crippen molar-refractivity contribution in [1.82, 2.24) is 5.32 Å². The maximum absolute atomic E-state index is 12.1. The molecule has 5 heteroatoms. The van der Waals surface area contributed by atoms with Crippen molar-refractivity contribution in [3.05, 3.63) is 36.1 Å². The van der Waals surface area contributed by atoms with Gasteiger partial charge in [-0.3, -0.25) is 4.79 Å². The van der Waals surface area contributed by atoms with Crippen LogP contribution in [-0.2, 0) is 4.74 Å². The van der Waals surface area contributed by atoms with Crippen molar-refractivity contribution in [3.63, 3.8) is 0 Å². The molecule has 0 unspecified atom stereocenters. The molecule has 1 saturated heterocycles. The highest BCUT2D eigenvalue weighted by atomic mass is 16.5. The van der Waals surface area contributed by atoms with Crippen LogP contribution < -0.4 is 5.32 Å². The molecular weight excluding hydrogens is 258 g/mol. The number of para-hydroxylation sites is 1. The SMILES string of the molecule is O=C(NCC1(O)CCOCC1)c1cc2ccccc2o1. The van der Waals surface area contributed by atoms with Crippen LogP contribution in [0.5, 0.6) is 0 Å². The first-order valence-electron chi connectivity index (χ1n) is 6.73. The van der Waals surface area contributed by atoms with E-state index in [2.05, 4.69) is 5.32 Å². The van der Waals surface area contributed by atoms with Crippen molar-refractivity contribution in [1.29, 1.82) is 0 Å². The van der Waals surface area contributed by atoms with Gasteiger partial charge in [0.25, 0.3) is 5.91 Å². The summed E-state index contributed by atoms with van der Waals surface area (Å²) in [5, 5.41) is 13.9. The Bertz CT molecular complexity index is 580. The molecular formula is C15H17NO4. The Morgan fingerprint density at radius 3 is 2.80 bits per heavy atom. The zero-order valence-corrected chi connectivity index (χ0v) is 11.1. The summed E-state index contributed by atoms with van der Waals surface area (Å²) >= 11 is 0. The number of rotatable bonds is 3. The van der Waals surface area contributed by atoms with E-state index in [4.69, 9.17) is 9.15 Å². The number of amides is 1. The average molecular weight is 275 g/mol. The predicted molar refractivity (Wildman–Crippen MR) is 73.6 cm³/mol.